The molecule has 2 heterocycles. The number of fused-ring (bicyclic) bond motifs is 1. The van der Waals surface area contributed by atoms with E-state index >= 15 is 0 Å². The average Bonchev–Trinajstić information content (AvgIpc) is 3.19. The van der Waals surface area contributed by atoms with Crippen molar-refractivity contribution in [3.05, 3.63) is 99.3 Å². The van der Waals surface area contributed by atoms with Crippen LogP contribution in [0.2, 0.25) is 5.02 Å². The van der Waals surface area contributed by atoms with E-state index in [4.69, 9.17) is 25.8 Å². The van der Waals surface area contributed by atoms with Crippen molar-refractivity contribution in [1.29, 1.82) is 0 Å². The van der Waals surface area contributed by atoms with Crippen LogP contribution in [0.5, 0.6) is 5.75 Å². The third kappa shape index (κ3) is 5.56. The van der Waals surface area contributed by atoms with Crippen LogP contribution in [0.4, 0.5) is 4.39 Å². The predicted molar refractivity (Wildman–Crippen MR) is 142 cm³/mol. The largest absolute Gasteiger partial charge is 0.491 e. The number of aliphatic hydroxyl groups excluding tert-OH is 4. The lowest BCUT2D eigenvalue weighted by molar-refractivity contribution is -0.231. The van der Waals surface area contributed by atoms with Crippen molar-refractivity contribution in [3.63, 3.8) is 0 Å². The fourth-order valence-electron chi connectivity index (χ4n) is 5.36. The minimum atomic E-state index is -1.46. The van der Waals surface area contributed by atoms with Crippen LogP contribution in [0.25, 0.3) is 0 Å². The lowest BCUT2D eigenvalue weighted by Gasteiger charge is -2.40. The Hall–Kier alpha value is -2.56. The monoisotopic (exact) mass is 558 g/mol. The number of ether oxygens (including phenoxy) is 3. The summed E-state index contributed by atoms with van der Waals surface area (Å²) in [5.74, 6) is 0.316. The first-order chi connectivity index (χ1) is 18.6. The maximum atomic E-state index is 14.5. The number of rotatable bonds is 7. The van der Waals surface area contributed by atoms with Gasteiger partial charge in [0.05, 0.1) is 12.2 Å². The fraction of sp³-hybridized carbons (Fsp3) is 0.400. The summed E-state index contributed by atoms with van der Waals surface area (Å²) in [6, 6.07) is 17.6. The third-order valence-corrected chi connectivity index (χ3v) is 7.84. The van der Waals surface area contributed by atoms with Gasteiger partial charge < -0.3 is 34.6 Å². The van der Waals surface area contributed by atoms with E-state index in [0.29, 0.717) is 28.3 Å². The van der Waals surface area contributed by atoms with Crippen molar-refractivity contribution < 1.29 is 39.0 Å². The second-order valence-corrected chi connectivity index (χ2v) is 11.0. The lowest BCUT2D eigenvalue weighted by Crippen LogP contribution is -2.55. The van der Waals surface area contributed by atoms with Crippen LogP contribution >= 0.6 is 11.6 Å². The molecule has 1 fully saturated rings. The van der Waals surface area contributed by atoms with Crippen molar-refractivity contribution in [2.45, 2.75) is 62.5 Å². The van der Waals surface area contributed by atoms with Gasteiger partial charge in [0.2, 0.25) is 0 Å². The maximum Gasteiger partial charge on any atom is 0.129 e. The Bertz CT molecular complexity index is 1310. The summed E-state index contributed by atoms with van der Waals surface area (Å²) < 4.78 is 32.3. The van der Waals surface area contributed by atoms with E-state index in [2.05, 4.69) is 0 Å². The molecule has 39 heavy (non-hydrogen) atoms. The SMILES string of the molecule is CC1(C)OC(COc2ccc(Cc3cc([C@@H]4O[C@H](CO)[C@@H](O)[C@H](O)[C@H]4O)ccc3Cl)cc2)c2c(F)cccc21. The molecule has 0 bridgehead atoms. The smallest absolute Gasteiger partial charge is 0.129 e. The van der Waals surface area contributed by atoms with Gasteiger partial charge in [-0.25, -0.2) is 4.39 Å². The number of halogens is 2. The van der Waals surface area contributed by atoms with E-state index in [0.717, 1.165) is 16.7 Å². The molecule has 3 aromatic rings. The highest BCUT2D eigenvalue weighted by Gasteiger charge is 2.44. The average molecular weight is 559 g/mol. The Balaban J connectivity index is 1.26. The normalized spacial score (nSPS) is 27.8. The molecule has 0 aliphatic carbocycles. The third-order valence-electron chi connectivity index (χ3n) is 7.47. The van der Waals surface area contributed by atoms with Gasteiger partial charge in [-0.05, 0) is 66.8 Å². The molecule has 0 saturated carbocycles. The van der Waals surface area contributed by atoms with Crippen LogP contribution in [0.15, 0.2) is 60.7 Å². The van der Waals surface area contributed by atoms with Gasteiger partial charge in [0.15, 0.2) is 0 Å². The maximum absolute atomic E-state index is 14.5. The molecule has 6 atom stereocenters. The predicted octanol–water partition coefficient (Wildman–Crippen LogP) is 3.97. The first kappa shape index (κ1) is 28.0. The van der Waals surface area contributed by atoms with Crippen LogP contribution in [0, 0.1) is 5.82 Å². The summed E-state index contributed by atoms with van der Waals surface area (Å²) in [5.41, 5.74) is 3.05. The number of hydrogen-bond acceptors (Lipinski definition) is 7. The van der Waals surface area contributed by atoms with Gasteiger partial charge in [-0.3, -0.25) is 0 Å². The van der Waals surface area contributed by atoms with Gasteiger partial charge in [0.1, 0.15) is 54.8 Å². The van der Waals surface area contributed by atoms with Crippen LogP contribution < -0.4 is 4.74 Å². The molecule has 0 radical (unpaired) electrons. The van der Waals surface area contributed by atoms with Crippen LogP contribution in [-0.2, 0) is 21.5 Å². The summed E-state index contributed by atoms with van der Waals surface area (Å²) in [5, 5.41) is 40.7. The Kier molecular flexibility index (Phi) is 7.99. The van der Waals surface area contributed by atoms with E-state index in [1.54, 1.807) is 24.3 Å². The van der Waals surface area contributed by atoms with Gasteiger partial charge >= 0.3 is 0 Å². The van der Waals surface area contributed by atoms with Crippen LogP contribution in [0.3, 0.4) is 0 Å². The molecule has 1 unspecified atom stereocenters. The molecule has 2 aliphatic heterocycles. The summed E-state index contributed by atoms with van der Waals surface area (Å²) in [6.07, 6.45) is -6.23. The van der Waals surface area contributed by atoms with Crippen molar-refractivity contribution in [1.82, 2.24) is 0 Å². The highest BCUT2D eigenvalue weighted by atomic mass is 35.5. The minimum absolute atomic E-state index is 0.170. The topological polar surface area (TPSA) is 109 Å². The highest BCUT2D eigenvalue weighted by Crippen LogP contribution is 2.44. The zero-order valence-corrected chi connectivity index (χ0v) is 22.4. The molecule has 4 N–H and O–H groups in total. The minimum Gasteiger partial charge on any atom is -0.491 e. The van der Waals surface area contributed by atoms with E-state index in [9.17, 15) is 24.8 Å². The van der Waals surface area contributed by atoms with Crippen LogP contribution in [-0.4, -0.2) is 58.1 Å². The van der Waals surface area contributed by atoms with E-state index in [1.165, 1.54) is 6.07 Å². The Morgan fingerprint density at radius 2 is 1.72 bits per heavy atom. The van der Waals surface area contributed by atoms with Gasteiger partial charge in [0.25, 0.3) is 0 Å². The molecule has 5 rings (SSSR count). The molecule has 2 aliphatic rings. The highest BCUT2D eigenvalue weighted by molar-refractivity contribution is 6.31. The molecule has 0 spiro atoms. The molecule has 0 aromatic heterocycles. The Labute approximate surface area is 231 Å². The standard InChI is InChI=1S/C30H32ClFO7/c1-30(2)20-4-3-5-22(32)25(20)24(39-30)15-37-19-9-6-16(7-10-19)12-18-13-17(8-11-21(18)31)29-28(36)27(35)26(34)23(14-33)38-29/h3-11,13,23-24,26-29,33-36H,12,14-15H2,1-2H3/t23-,24?,26-,27+,28-,29+/m1/s1. The molecular weight excluding hydrogens is 527 g/mol. The summed E-state index contributed by atoms with van der Waals surface area (Å²) in [4.78, 5) is 0. The quantitative estimate of drug-likeness (QED) is 0.347. The number of benzene rings is 3. The van der Waals surface area contributed by atoms with Gasteiger partial charge in [-0.1, -0.05) is 48.0 Å². The zero-order valence-electron chi connectivity index (χ0n) is 21.6. The first-order valence-electron chi connectivity index (χ1n) is 12.9. The lowest BCUT2D eigenvalue weighted by atomic mass is 9.90. The fourth-order valence-corrected chi connectivity index (χ4v) is 5.55. The zero-order chi connectivity index (χ0) is 27.9. The molecule has 9 heteroatoms. The van der Waals surface area contributed by atoms with Gasteiger partial charge in [-0.15, -0.1) is 0 Å². The van der Waals surface area contributed by atoms with E-state index in [1.807, 2.05) is 44.2 Å². The van der Waals surface area contributed by atoms with Gasteiger partial charge in [-0.2, -0.15) is 0 Å². The van der Waals surface area contributed by atoms with Crippen LogP contribution in [0.1, 0.15) is 53.9 Å². The van der Waals surface area contributed by atoms with Crippen molar-refractivity contribution in [2.75, 3.05) is 13.2 Å². The number of hydrogen-bond donors (Lipinski definition) is 4. The van der Waals surface area contributed by atoms with Crippen molar-refractivity contribution in [2.24, 2.45) is 0 Å². The van der Waals surface area contributed by atoms with Crippen molar-refractivity contribution >= 4 is 11.6 Å². The Morgan fingerprint density at radius 3 is 2.44 bits per heavy atom. The van der Waals surface area contributed by atoms with Crippen molar-refractivity contribution in [3.8, 4) is 5.75 Å². The molecule has 0 amide bonds. The molecule has 7 nitrogen and oxygen atoms in total. The molecule has 208 valence electrons. The second kappa shape index (κ2) is 11.1. The summed E-state index contributed by atoms with van der Waals surface area (Å²) >= 11 is 6.46. The first-order valence-corrected chi connectivity index (χ1v) is 13.2. The summed E-state index contributed by atoms with van der Waals surface area (Å²) in [7, 11) is 0. The number of aliphatic hydroxyl groups is 4. The van der Waals surface area contributed by atoms with E-state index in [-0.39, 0.29) is 12.4 Å². The molecule has 3 aromatic carbocycles. The van der Waals surface area contributed by atoms with E-state index < -0.39 is 48.8 Å². The second-order valence-electron chi connectivity index (χ2n) is 10.5. The molecular formula is C30H32ClFO7. The van der Waals surface area contributed by atoms with Gasteiger partial charge in [0, 0.05) is 10.6 Å². The Morgan fingerprint density at radius 1 is 0.974 bits per heavy atom. The molecule has 1 saturated heterocycles. The summed E-state index contributed by atoms with van der Waals surface area (Å²) in [6.45, 7) is 3.50.